The smallest absolute Gasteiger partial charge is 0.337 e. The van der Waals surface area contributed by atoms with Crippen molar-refractivity contribution in [3.63, 3.8) is 0 Å². The van der Waals surface area contributed by atoms with Crippen LogP contribution in [0.3, 0.4) is 0 Å². The van der Waals surface area contributed by atoms with Crippen molar-refractivity contribution >= 4 is 17.6 Å². The molecule has 0 aromatic heterocycles. The molecule has 2 rings (SSSR count). The molecule has 0 spiro atoms. The molecule has 0 radical (unpaired) electrons. The van der Waals surface area contributed by atoms with E-state index in [0.717, 1.165) is 50.7 Å². The van der Waals surface area contributed by atoms with Crippen molar-refractivity contribution in [3.05, 3.63) is 29.6 Å². The predicted octanol–water partition coefficient (Wildman–Crippen LogP) is 3.82. The first kappa shape index (κ1) is 15.5. The number of carboxylic acid groups (broad SMARTS) is 1. The summed E-state index contributed by atoms with van der Waals surface area (Å²) in [5.74, 6) is -2.12. The van der Waals surface area contributed by atoms with E-state index in [2.05, 4.69) is 5.32 Å². The normalized spacial score (nSPS) is 16.8. The van der Waals surface area contributed by atoms with Crippen LogP contribution in [0.1, 0.15) is 55.3 Å². The zero-order chi connectivity index (χ0) is 15.2. The Kier molecular flexibility index (Phi) is 5.31. The molecule has 1 aliphatic rings. The molecular formula is C16H20FNO3. The Balaban J connectivity index is 2.09. The van der Waals surface area contributed by atoms with Crippen LogP contribution < -0.4 is 5.32 Å². The standard InChI is InChI=1S/C16H20FNO3/c17-12-8-9-14(13(10-12)16(20)21)18-15(19)11-6-4-2-1-3-5-7-11/h8-11H,1-7H2,(H,18,19)(H,20,21). The number of carbonyl (C=O) groups excluding carboxylic acids is 1. The van der Waals surface area contributed by atoms with E-state index < -0.39 is 11.8 Å². The minimum atomic E-state index is -1.25. The van der Waals surface area contributed by atoms with Crippen LogP contribution in [-0.4, -0.2) is 17.0 Å². The molecule has 0 unspecified atom stereocenters. The molecule has 1 aromatic rings. The summed E-state index contributed by atoms with van der Waals surface area (Å²) < 4.78 is 13.1. The van der Waals surface area contributed by atoms with Gasteiger partial charge in [0.2, 0.25) is 5.91 Å². The number of rotatable bonds is 3. The number of hydrogen-bond acceptors (Lipinski definition) is 2. The topological polar surface area (TPSA) is 66.4 Å². The fourth-order valence-corrected chi connectivity index (χ4v) is 2.76. The lowest BCUT2D eigenvalue weighted by Gasteiger charge is -2.19. The van der Waals surface area contributed by atoms with Crippen molar-refractivity contribution in [1.29, 1.82) is 0 Å². The molecule has 21 heavy (non-hydrogen) atoms. The Hall–Kier alpha value is -1.91. The molecular weight excluding hydrogens is 273 g/mol. The third kappa shape index (κ3) is 4.28. The van der Waals surface area contributed by atoms with E-state index in [1.165, 1.54) is 12.5 Å². The SMILES string of the molecule is O=C(O)c1cc(F)ccc1NC(=O)C1CCCCCCC1. The van der Waals surface area contributed by atoms with Crippen LogP contribution in [0.25, 0.3) is 0 Å². The largest absolute Gasteiger partial charge is 0.478 e. The van der Waals surface area contributed by atoms with Crippen LogP contribution in [0.15, 0.2) is 18.2 Å². The van der Waals surface area contributed by atoms with Gasteiger partial charge < -0.3 is 10.4 Å². The molecule has 0 bridgehead atoms. The molecule has 2 N–H and O–H groups in total. The van der Waals surface area contributed by atoms with E-state index in [4.69, 9.17) is 5.11 Å². The number of nitrogens with one attached hydrogen (secondary N) is 1. The molecule has 1 amide bonds. The first-order chi connectivity index (χ1) is 10.1. The molecule has 1 aromatic carbocycles. The fraction of sp³-hybridized carbons (Fsp3) is 0.500. The highest BCUT2D eigenvalue weighted by atomic mass is 19.1. The maximum atomic E-state index is 13.1. The lowest BCUT2D eigenvalue weighted by Crippen LogP contribution is -2.24. The molecule has 1 fully saturated rings. The van der Waals surface area contributed by atoms with Crippen molar-refractivity contribution in [2.75, 3.05) is 5.32 Å². The average molecular weight is 293 g/mol. The molecule has 0 atom stereocenters. The van der Waals surface area contributed by atoms with Gasteiger partial charge in [0.25, 0.3) is 0 Å². The van der Waals surface area contributed by atoms with Crippen molar-refractivity contribution in [1.82, 2.24) is 0 Å². The Labute approximate surface area is 123 Å². The van der Waals surface area contributed by atoms with Crippen LogP contribution in [0.4, 0.5) is 10.1 Å². The van der Waals surface area contributed by atoms with Crippen molar-refractivity contribution in [2.45, 2.75) is 44.9 Å². The van der Waals surface area contributed by atoms with E-state index in [1.54, 1.807) is 0 Å². The number of halogens is 1. The van der Waals surface area contributed by atoms with Gasteiger partial charge >= 0.3 is 5.97 Å². The molecule has 0 heterocycles. The molecule has 0 saturated heterocycles. The number of amides is 1. The highest BCUT2D eigenvalue weighted by Gasteiger charge is 2.21. The molecule has 1 aliphatic carbocycles. The van der Waals surface area contributed by atoms with E-state index in [1.807, 2.05) is 0 Å². The molecule has 1 saturated carbocycles. The first-order valence-corrected chi connectivity index (χ1v) is 7.41. The van der Waals surface area contributed by atoms with Gasteiger partial charge in [-0.3, -0.25) is 4.79 Å². The number of hydrogen-bond donors (Lipinski definition) is 2. The summed E-state index contributed by atoms with van der Waals surface area (Å²) in [4.78, 5) is 23.4. The van der Waals surface area contributed by atoms with E-state index in [9.17, 15) is 14.0 Å². The van der Waals surface area contributed by atoms with Crippen LogP contribution in [0, 0.1) is 11.7 Å². The Morgan fingerprint density at radius 3 is 2.33 bits per heavy atom. The molecule has 5 heteroatoms. The van der Waals surface area contributed by atoms with Crippen LogP contribution in [-0.2, 0) is 4.79 Å². The van der Waals surface area contributed by atoms with Crippen LogP contribution in [0.5, 0.6) is 0 Å². The minimum absolute atomic E-state index is 0.0861. The third-order valence-electron chi connectivity index (χ3n) is 3.95. The van der Waals surface area contributed by atoms with Crippen LogP contribution in [0.2, 0.25) is 0 Å². The quantitative estimate of drug-likeness (QED) is 0.890. The summed E-state index contributed by atoms with van der Waals surface area (Å²) >= 11 is 0. The number of aromatic carboxylic acids is 1. The maximum Gasteiger partial charge on any atom is 0.337 e. The van der Waals surface area contributed by atoms with Gasteiger partial charge in [-0.1, -0.05) is 32.1 Å². The second kappa shape index (κ2) is 7.20. The van der Waals surface area contributed by atoms with Gasteiger partial charge in [0.15, 0.2) is 0 Å². The molecule has 114 valence electrons. The van der Waals surface area contributed by atoms with E-state index in [0.29, 0.717) is 0 Å². The van der Waals surface area contributed by atoms with Crippen molar-refractivity contribution in [3.8, 4) is 0 Å². The molecule has 0 aliphatic heterocycles. The lowest BCUT2D eigenvalue weighted by molar-refractivity contribution is -0.120. The van der Waals surface area contributed by atoms with Crippen molar-refractivity contribution < 1.29 is 19.1 Å². The summed E-state index contributed by atoms with van der Waals surface area (Å²) in [5, 5.41) is 11.7. The zero-order valence-corrected chi connectivity index (χ0v) is 11.9. The highest BCUT2D eigenvalue weighted by molar-refractivity contribution is 6.01. The van der Waals surface area contributed by atoms with Gasteiger partial charge in [-0.15, -0.1) is 0 Å². The Bertz CT molecular complexity index is 522. The highest BCUT2D eigenvalue weighted by Crippen LogP contribution is 2.25. The Morgan fingerprint density at radius 1 is 1.10 bits per heavy atom. The predicted molar refractivity (Wildman–Crippen MR) is 77.8 cm³/mol. The number of carboxylic acids is 1. The average Bonchev–Trinajstić information content (AvgIpc) is 2.40. The fourth-order valence-electron chi connectivity index (χ4n) is 2.76. The lowest BCUT2D eigenvalue weighted by atomic mass is 9.90. The second-order valence-corrected chi connectivity index (χ2v) is 5.53. The molecule has 4 nitrogen and oxygen atoms in total. The number of anilines is 1. The number of carbonyl (C=O) groups is 2. The first-order valence-electron chi connectivity index (χ1n) is 7.41. The van der Waals surface area contributed by atoms with Gasteiger partial charge in [-0.2, -0.15) is 0 Å². The summed E-state index contributed by atoms with van der Waals surface area (Å²) in [6, 6.07) is 3.38. The van der Waals surface area contributed by atoms with Gasteiger partial charge in [-0.05, 0) is 31.0 Å². The third-order valence-corrected chi connectivity index (χ3v) is 3.95. The minimum Gasteiger partial charge on any atom is -0.478 e. The van der Waals surface area contributed by atoms with E-state index in [-0.39, 0.29) is 23.1 Å². The summed E-state index contributed by atoms with van der Waals surface area (Å²) in [7, 11) is 0. The monoisotopic (exact) mass is 293 g/mol. The Morgan fingerprint density at radius 2 is 1.71 bits per heavy atom. The summed E-state index contributed by atoms with van der Waals surface area (Å²) in [6.45, 7) is 0. The maximum absolute atomic E-state index is 13.1. The number of benzene rings is 1. The van der Waals surface area contributed by atoms with Crippen molar-refractivity contribution in [2.24, 2.45) is 5.92 Å². The van der Waals surface area contributed by atoms with Gasteiger partial charge in [-0.25, -0.2) is 9.18 Å². The zero-order valence-electron chi connectivity index (χ0n) is 11.9. The summed E-state index contributed by atoms with van der Waals surface area (Å²) in [5.41, 5.74) is -0.0508. The van der Waals surface area contributed by atoms with Crippen LogP contribution >= 0.6 is 0 Å². The van der Waals surface area contributed by atoms with E-state index >= 15 is 0 Å². The summed E-state index contributed by atoms with van der Waals surface area (Å²) in [6.07, 6.45) is 7.20. The second-order valence-electron chi connectivity index (χ2n) is 5.53. The van der Waals surface area contributed by atoms with Gasteiger partial charge in [0.1, 0.15) is 5.82 Å². The van der Waals surface area contributed by atoms with Gasteiger partial charge in [0.05, 0.1) is 11.3 Å². The van der Waals surface area contributed by atoms with Gasteiger partial charge in [0, 0.05) is 5.92 Å².